The Balaban J connectivity index is 2.22. The molecule has 134 valence electrons. The lowest BCUT2D eigenvalue weighted by atomic mass is 9.94. The molecular weight excluding hydrogens is 353 g/mol. The van der Waals surface area contributed by atoms with Gasteiger partial charge in [-0.1, -0.05) is 24.3 Å². The van der Waals surface area contributed by atoms with E-state index in [-0.39, 0.29) is 33.9 Å². The van der Waals surface area contributed by atoms with Crippen LogP contribution in [0.2, 0.25) is 0 Å². The van der Waals surface area contributed by atoms with Crippen molar-refractivity contribution >= 4 is 17.1 Å². The van der Waals surface area contributed by atoms with Crippen LogP contribution in [0, 0.1) is 5.82 Å². The van der Waals surface area contributed by atoms with E-state index in [0.29, 0.717) is 11.1 Å². The van der Waals surface area contributed by atoms with Crippen LogP contribution in [0.1, 0.15) is 10.4 Å². The molecular formula is C20H12FNO5. The van der Waals surface area contributed by atoms with Crippen LogP contribution in [0.3, 0.4) is 0 Å². The largest absolute Gasteiger partial charge is 0.490 e. The Bertz CT molecular complexity index is 1210. The fourth-order valence-corrected chi connectivity index (χ4v) is 3.02. The maximum absolute atomic E-state index is 13.3. The van der Waals surface area contributed by atoms with Gasteiger partial charge >= 0.3 is 5.97 Å². The molecule has 0 amide bonds. The van der Waals surface area contributed by atoms with Gasteiger partial charge in [0.1, 0.15) is 22.6 Å². The van der Waals surface area contributed by atoms with Gasteiger partial charge in [-0.2, -0.15) is 0 Å². The third-order valence-corrected chi connectivity index (χ3v) is 4.20. The van der Waals surface area contributed by atoms with Gasteiger partial charge in [0.05, 0.1) is 12.7 Å². The molecule has 0 aromatic heterocycles. The van der Waals surface area contributed by atoms with Crippen LogP contribution in [0.25, 0.3) is 33.7 Å². The number of carbonyl (C=O) groups is 1. The summed E-state index contributed by atoms with van der Waals surface area (Å²) in [5.74, 6) is -2.07. The smallest absolute Gasteiger partial charge is 0.338 e. The summed E-state index contributed by atoms with van der Waals surface area (Å²) in [5, 5.41) is 9.80. The van der Waals surface area contributed by atoms with E-state index < -0.39 is 17.2 Å². The molecule has 0 saturated heterocycles. The van der Waals surface area contributed by atoms with Crippen molar-refractivity contribution in [1.29, 1.82) is 0 Å². The Labute approximate surface area is 151 Å². The van der Waals surface area contributed by atoms with Gasteiger partial charge in [0.2, 0.25) is 11.2 Å². The summed E-state index contributed by atoms with van der Waals surface area (Å²) in [6, 6.07) is 11.7. The number of halogens is 1. The predicted octanol–water partition coefficient (Wildman–Crippen LogP) is 3.81. The van der Waals surface area contributed by atoms with Crippen LogP contribution in [0.5, 0.6) is 5.75 Å². The maximum Gasteiger partial charge on any atom is 0.338 e. The topological polar surface area (TPSA) is 89.6 Å². The number of benzene rings is 3. The third kappa shape index (κ3) is 2.60. The van der Waals surface area contributed by atoms with Crippen LogP contribution in [0.15, 0.2) is 57.7 Å². The van der Waals surface area contributed by atoms with Gasteiger partial charge in [0.25, 0.3) is 0 Å². The Kier molecular flexibility index (Phi) is 3.84. The molecule has 0 bridgehead atoms. The number of carboxylic acid groups (broad SMARTS) is 1. The monoisotopic (exact) mass is 365 g/mol. The van der Waals surface area contributed by atoms with Crippen LogP contribution in [-0.4, -0.2) is 23.2 Å². The minimum absolute atomic E-state index is 0.0167. The van der Waals surface area contributed by atoms with Crippen LogP contribution < -0.4 is 10.2 Å². The van der Waals surface area contributed by atoms with Gasteiger partial charge in [-0.25, -0.2) is 14.2 Å². The first kappa shape index (κ1) is 16.7. The number of aromatic nitrogens is 1. The zero-order valence-corrected chi connectivity index (χ0v) is 14.0. The zero-order chi connectivity index (χ0) is 19.1. The van der Waals surface area contributed by atoms with Gasteiger partial charge < -0.3 is 14.3 Å². The number of carboxylic acids is 1. The van der Waals surface area contributed by atoms with Crippen molar-refractivity contribution < 1.29 is 23.4 Å². The van der Waals surface area contributed by atoms with E-state index in [4.69, 9.17) is 9.15 Å². The molecule has 1 aliphatic heterocycles. The summed E-state index contributed by atoms with van der Waals surface area (Å²) in [5.41, 5.74) is -0.0886. The summed E-state index contributed by atoms with van der Waals surface area (Å²) in [6.45, 7) is 0. The van der Waals surface area contributed by atoms with Crippen molar-refractivity contribution in [3.8, 4) is 28.3 Å². The fraction of sp³-hybridized carbons (Fsp3) is 0.0500. The van der Waals surface area contributed by atoms with Gasteiger partial charge in [0, 0.05) is 0 Å². The number of para-hydroxylation sites is 2. The molecule has 0 unspecified atom stereocenters. The molecule has 0 atom stereocenters. The van der Waals surface area contributed by atoms with E-state index in [2.05, 4.69) is 4.98 Å². The minimum Gasteiger partial charge on any atom is -0.490 e. The molecule has 0 radical (unpaired) electrons. The number of rotatable bonds is 3. The Morgan fingerprint density at radius 1 is 1.15 bits per heavy atom. The van der Waals surface area contributed by atoms with E-state index in [1.165, 1.54) is 19.2 Å². The number of methoxy groups -OCH3 is 1. The molecule has 2 aliphatic rings. The van der Waals surface area contributed by atoms with Crippen molar-refractivity contribution in [2.24, 2.45) is 0 Å². The highest BCUT2D eigenvalue weighted by molar-refractivity contribution is 6.04. The van der Waals surface area contributed by atoms with Crippen molar-refractivity contribution in [2.75, 3.05) is 7.11 Å². The average molecular weight is 365 g/mol. The highest BCUT2D eigenvalue weighted by atomic mass is 19.1. The van der Waals surface area contributed by atoms with E-state index in [9.17, 15) is 19.1 Å². The number of aromatic carboxylic acids is 1. The molecule has 2 aromatic rings. The number of nitrogens with zero attached hydrogens (tertiary/aromatic N) is 1. The van der Waals surface area contributed by atoms with Crippen LogP contribution >= 0.6 is 0 Å². The number of fused-ring (bicyclic) bond motifs is 2. The summed E-state index contributed by atoms with van der Waals surface area (Å²) in [4.78, 5) is 29.4. The first-order valence-electron chi connectivity index (χ1n) is 7.94. The Morgan fingerprint density at radius 2 is 1.85 bits per heavy atom. The molecule has 1 aliphatic carbocycles. The standard InChI is InChI=1S/C20H12FNO5/c1-26-19-17(23)14(10-6-8-11(21)9-7-10)15(20(24)25)16-18(19)27-13-5-3-2-4-12(13)22-16/h2-9H,1H3,(H,24,25). The van der Waals surface area contributed by atoms with Crippen molar-refractivity contribution in [3.05, 3.63) is 70.1 Å². The second-order valence-corrected chi connectivity index (χ2v) is 5.78. The lowest BCUT2D eigenvalue weighted by molar-refractivity contribution is 0.0698. The lowest BCUT2D eigenvalue weighted by Crippen LogP contribution is -2.18. The van der Waals surface area contributed by atoms with Crippen LogP contribution in [0.4, 0.5) is 4.39 Å². The van der Waals surface area contributed by atoms with Crippen molar-refractivity contribution in [3.63, 3.8) is 0 Å². The highest BCUT2D eigenvalue weighted by Gasteiger charge is 2.31. The lowest BCUT2D eigenvalue weighted by Gasteiger charge is -2.16. The van der Waals surface area contributed by atoms with E-state index >= 15 is 0 Å². The summed E-state index contributed by atoms with van der Waals surface area (Å²) in [6.07, 6.45) is 0. The number of hydrogen-bond donors (Lipinski definition) is 1. The van der Waals surface area contributed by atoms with E-state index in [1.807, 2.05) is 0 Å². The first-order valence-corrected chi connectivity index (χ1v) is 7.94. The Morgan fingerprint density at radius 3 is 2.52 bits per heavy atom. The summed E-state index contributed by atoms with van der Waals surface area (Å²) < 4.78 is 24.2. The summed E-state index contributed by atoms with van der Waals surface area (Å²) in [7, 11) is 1.29. The van der Waals surface area contributed by atoms with Crippen molar-refractivity contribution in [1.82, 2.24) is 4.98 Å². The molecule has 1 N–H and O–H groups in total. The molecule has 6 nitrogen and oxygen atoms in total. The maximum atomic E-state index is 13.3. The molecule has 0 spiro atoms. The van der Waals surface area contributed by atoms with E-state index in [1.54, 1.807) is 24.3 Å². The minimum atomic E-state index is -1.35. The van der Waals surface area contributed by atoms with Gasteiger partial charge in [-0.3, -0.25) is 4.79 Å². The molecule has 2 aromatic carbocycles. The van der Waals surface area contributed by atoms with Crippen LogP contribution in [-0.2, 0) is 0 Å². The van der Waals surface area contributed by atoms with Gasteiger partial charge in [0.15, 0.2) is 11.3 Å². The summed E-state index contributed by atoms with van der Waals surface area (Å²) >= 11 is 0. The van der Waals surface area contributed by atoms with E-state index in [0.717, 1.165) is 12.1 Å². The average Bonchev–Trinajstić information content (AvgIpc) is 2.66. The molecule has 0 fully saturated rings. The van der Waals surface area contributed by atoms with Crippen molar-refractivity contribution in [2.45, 2.75) is 0 Å². The quantitative estimate of drug-likeness (QED) is 0.556. The number of hydrogen-bond acceptors (Lipinski definition) is 5. The Hall–Kier alpha value is -3.74. The zero-order valence-electron chi connectivity index (χ0n) is 14.0. The molecule has 1 heterocycles. The number of ether oxygens (including phenoxy) is 1. The first-order chi connectivity index (χ1) is 13.0. The fourth-order valence-electron chi connectivity index (χ4n) is 3.02. The SMILES string of the molecule is COc1c2oc3ccccc3nc-2c(C(=O)O)c(-c2ccc(F)cc2)c1=O. The highest BCUT2D eigenvalue weighted by Crippen LogP contribution is 2.38. The second-order valence-electron chi connectivity index (χ2n) is 5.78. The second kappa shape index (κ2) is 6.21. The molecule has 0 saturated carbocycles. The van der Waals surface area contributed by atoms with Gasteiger partial charge in [-0.15, -0.1) is 0 Å². The predicted molar refractivity (Wildman–Crippen MR) is 95.8 cm³/mol. The molecule has 27 heavy (non-hydrogen) atoms. The molecule has 7 heteroatoms. The normalized spacial score (nSPS) is 11.0. The third-order valence-electron chi connectivity index (χ3n) is 4.20. The van der Waals surface area contributed by atoms with Gasteiger partial charge in [-0.05, 0) is 29.8 Å². The molecule has 4 rings (SSSR count).